The summed E-state index contributed by atoms with van der Waals surface area (Å²) in [5.74, 6) is -1.97. The third-order valence-electron chi connectivity index (χ3n) is 17.1. The minimum atomic E-state index is -1.51. The van der Waals surface area contributed by atoms with E-state index in [0.29, 0.717) is 17.4 Å². The van der Waals surface area contributed by atoms with Crippen molar-refractivity contribution in [1.29, 1.82) is 0 Å². The number of ether oxygens (including phenoxy) is 4. The maximum atomic E-state index is 13.0. The Balaban J connectivity index is 4.03. The van der Waals surface area contributed by atoms with Crippen molar-refractivity contribution in [2.45, 2.75) is 392 Å². The van der Waals surface area contributed by atoms with Gasteiger partial charge in [-0.3, -0.25) is 9.59 Å². The van der Waals surface area contributed by atoms with Gasteiger partial charge in [-0.25, -0.2) is 4.79 Å². The van der Waals surface area contributed by atoms with E-state index in [1.807, 2.05) is 21.1 Å². The van der Waals surface area contributed by atoms with Crippen molar-refractivity contribution in [3.05, 3.63) is 36.5 Å². The van der Waals surface area contributed by atoms with E-state index in [0.717, 1.165) is 51.4 Å². The molecule has 506 valence electrons. The number of esters is 2. The standard InChI is InChI=1S/C77H145NO8/c1-6-8-10-12-14-16-18-20-22-24-26-28-30-32-34-36-38-40-42-44-46-48-50-52-54-56-58-60-62-64-66-68-75(80)86-73(72-85-77(76(81)82)83-70-69-78(3,4)5)71-84-74(79)67-65-63-61-59-57-55-53-51-49-47-45-43-41-39-37-35-33-31-29-27-25-23-21-19-17-15-13-11-9-7-2/h18,20,24,26,30,32,73,77H,6-17,19,21-23,25,27-29,31,33-72H2,1-5H3/p+1/b20-18-,26-24-,32-30-. The highest BCUT2D eigenvalue weighted by Crippen LogP contribution is 2.19. The van der Waals surface area contributed by atoms with Crippen LogP contribution in [0.4, 0.5) is 0 Å². The van der Waals surface area contributed by atoms with Crippen LogP contribution in [0.15, 0.2) is 36.5 Å². The number of aliphatic carboxylic acids is 1. The SMILES string of the molecule is CCCCCCC/C=C\C/C=C\C/C=C\CCCCCCCCCCCCCCCCCCC(=O)OC(COC(=O)CCCCCCCCCCCCCCCCCCCCCCCCCCCCCCCC)COC(OCC[N+](C)(C)C)C(=O)O. The molecule has 0 fully saturated rings. The highest BCUT2D eigenvalue weighted by molar-refractivity contribution is 5.71. The van der Waals surface area contributed by atoms with Crippen LogP contribution in [0.2, 0.25) is 0 Å². The van der Waals surface area contributed by atoms with Crippen LogP contribution in [-0.2, 0) is 33.3 Å². The van der Waals surface area contributed by atoms with Crippen molar-refractivity contribution in [2.75, 3.05) is 47.5 Å². The molecule has 0 aromatic heterocycles. The highest BCUT2D eigenvalue weighted by Gasteiger charge is 2.25. The van der Waals surface area contributed by atoms with Gasteiger partial charge in [-0.05, 0) is 51.4 Å². The number of quaternary nitrogens is 1. The molecule has 0 amide bonds. The lowest BCUT2D eigenvalue weighted by Gasteiger charge is -2.25. The average molecular weight is 1210 g/mol. The van der Waals surface area contributed by atoms with Gasteiger partial charge in [0.05, 0.1) is 34.4 Å². The predicted molar refractivity (Wildman–Crippen MR) is 369 cm³/mol. The third kappa shape index (κ3) is 69.0. The first-order valence-corrected chi connectivity index (χ1v) is 37.7. The summed E-state index contributed by atoms with van der Waals surface area (Å²) in [6.45, 7) is 4.94. The molecule has 0 radical (unpaired) electrons. The number of carbonyl (C=O) groups excluding carboxylic acids is 2. The Kier molecular flexibility index (Phi) is 66.4. The lowest BCUT2D eigenvalue weighted by molar-refractivity contribution is -0.870. The van der Waals surface area contributed by atoms with Gasteiger partial charge in [0.25, 0.3) is 6.29 Å². The van der Waals surface area contributed by atoms with E-state index < -0.39 is 18.4 Å². The quantitative estimate of drug-likeness (QED) is 0.0211. The molecule has 0 aliphatic rings. The molecule has 0 aromatic carbocycles. The Morgan fingerprint density at radius 1 is 0.349 bits per heavy atom. The van der Waals surface area contributed by atoms with Gasteiger partial charge in [-0.2, -0.15) is 0 Å². The number of carboxylic acid groups (broad SMARTS) is 1. The lowest BCUT2D eigenvalue weighted by atomic mass is 10.0. The Morgan fingerprint density at radius 3 is 0.930 bits per heavy atom. The molecule has 2 unspecified atom stereocenters. The number of allylic oxidation sites excluding steroid dienone is 6. The van der Waals surface area contributed by atoms with Crippen molar-refractivity contribution >= 4 is 17.9 Å². The van der Waals surface area contributed by atoms with Gasteiger partial charge < -0.3 is 28.5 Å². The molecule has 0 saturated heterocycles. The number of carboxylic acids is 1. The molecule has 0 heterocycles. The normalized spacial score (nSPS) is 12.8. The zero-order valence-corrected chi connectivity index (χ0v) is 58.0. The molecule has 9 nitrogen and oxygen atoms in total. The Morgan fingerprint density at radius 2 is 0.628 bits per heavy atom. The van der Waals surface area contributed by atoms with Gasteiger partial charge in [0.1, 0.15) is 13.2 Å². The fourth-order valence-corrected chi connectivity index (χ4v) is 11.4. The number of hydrogen-bond donors (Lipinski definition) is 1. The van der Waals surface area contributed by atoms with Crippen LogP contribution in [0, 0.1) is 0 Å². The Labute approximate surface area is 534 Å². The van der Waals surface area contributed by atoms with E-state index in [4.69, 9.17) is 18.9 Å². The summed E-state index contributed by atoms with van der Waals surface area (Å²) in [5.41, 5.74) is 0. The Bertz CT molecular complexity index is 1500. The van der Waals surface area contributed by atoms with Gasteiger partial charge >= 0.3 is 17.9 Å². The lowest BCUT2D eigenvalue weighted by Crippen LogP contribution is -2.40. The number of rotatable bonds is 71. The fraction of sp³-hybridized carbons (Fsp3) is 0.883. The summed E-state index contributed by atoms with van der Waals surface area (Å²) in [7, 11) is 5.99. The van der Waals surface area contributed by atoms with Gasteiger partial charge in [-0.1, -0.05) is 352 Å². The molecule has 2 atom stereocenters. The van der Waals surface area contributed by atoms with Gasteiger partial charge in [0.15, 0.2) is 6.10 Å². The first-order valence-electron chi connectivity index (χ1n) is 37.7. The third-order valence-corrected chi connectivity index (χ3v) is 17.1. The van der Waals surface area contributed by atoms with E-state index in [1.54, 1.807) is 0 Å². The minimum absolute atomic E-state index is 0.176. The number of unbranched alkanes of at least 4 members (excludes halogenated alkanes) is 50. The Hall–Kier alpha value is -2.49. The zero-order chi connectivity index (χ0) is 62.6. The molecule has 9 heteroatoms. The van der Waals surface area contributed by atoms with Crippen molar-refractivity contribution < 1.29 is 42.9 Å². The predicted octanol–water partition coefficient (Wildman–Crippen LogP) is 23.5. The van der Waals surface area contributed by atoms with E-state index in [1.165, 1.54) is 302 Å². The maximum Gasteiger partial charge on any atom is 0.361 e. The zero-order valence-electron chi connectivity index (χ0n) is 58.0. The summed E-state index contributed by atoms with van der Waals surface area (Å²) in [6, 6.07) is 0. The number of hydrogen-bond acceptors (Lipinski definition) is 7. The largest absolute Gasteiger partial charge is 0.477 e. The van der Waals surface area contributed by atoms with Crippen molar-refractivity contribution in [2.24, 2.45) is 0 Å². The van der Waals surface area contributed by atoms with Crippen LogP contribution in [-0.4, -0.2) is 87.4 Å². The molecule has 86 heavy (non-hydrogen) atoms. The van der Waals surface area contributed by atoms with Crippen LogP contribution >= 0.6 is 0 Å². The first kappa shape index (κ1) is 83.5. The maximum absolute atomic E-state index is 13.0. The summed E-state index contributed by atoms with van der Waals surface area (Å²) in [4.78, 5) is 37.7. The molecule has 0 saturated carbocycles. The number of likely N-dealkylation sites (N-methyl/N-ethyl adjacent to an activating group) is 1. The number of carbonyl (C=O) groups is 3. The second-order valence-electron chi connectivity index (χ2n) is 27.0. The molecular formula is C77H146NO8+. The summed E-state index contributed by atoms with van der Waals surface area (Å²) in [6.07, 6.45) is 84.2. The van der Waals surface area contributed by atoms with E-state index >= 15 is 0 Å². The molecule has 0 bridgehead atoms. The second kappa shape index (κ2) is 68.4. The highest BCUT2D eigenvalue weighted by atomic mass is 16.7. The van der Waals surface area contributed by atoms with Crippen LogP contribution in [0.25, 0.3) is 0 Å². The molecule has 0 aliphatic heterocycles. The molecule has 0 aromatic rings. The second-order valence-corrected chi connectivity index (χ2v) is 27.0. The topological polar surface area (TPSA) is 108 Å². The van der Waals surface area contributed by atoms with E-state index in [-0.39, 0.29) is 38.2 Å². The van der Waals surface area contributed by atoms with Crippen LogP contribution in [0.3, 0.4) is 0 Å². The van der Waals surface area contributed by atoms with E-state index in [9.17, 15) is 19.5 Å². The van der Waals surface area contributed by atoms with Gasteiger partial charge in [0.2, 0.25) is 0 Å². The van der Waals surface area contributed by atoms with Crippen LogP contribution < -0.4 is 0 Å². The van der Waals surface area contributed by atoms with Crippen molar-refractivity contribution in [1.82, 2.24) is 0 Å². The summed E-state index contributed by atoms with van der Waals surface area (Å²) < 4.78 is 23.0. The first-order chi connectivity index (χ1) is 42.1. The molecule has 0 rings (SSSR count). The smallest absolute Gasteiger partial charge is 0.361 e. The molecule has 0 spiro atoms. The van der Waals surface area contributed by atoms with Gasteiger partial charge in [-0.15, -0.1) is 0 Å². The molecule has 1 N–H and O–H groups in total. The molecular weight excluding hydrogens is 1070 g/mol. The van der Waals surface area contributed by atoms with Gasteiger partial charge in [0, 0.05) is 12.8 Å². The van der Waals surface area contributed by atoms with E-state index in [2.05, 4.69) is 50.3 Å². The number of nitrogens with zero attached hydrogens (tertiary/aromatic N) is 1. The summed E-state index contributed by atoms with van der Waals surface area (Å²) in [5, 5.41) is 9.76. The minimum Gasteiger partial charge on any atom is -0.477 e. The van der Waals surface area contributed by atoms with Crippen molar-refractivity contribution in [3.8, 4) is 0 Å². The summed E-state index contributed by atoms with van der Waals surface area (Å²) >= 11 is 0. The van der Waals surface area contributed by atoms with Crippen LogP contribution in [0.1, 0.15) is 380 Å². The average Bonchev–Trinajstić information content (AvgIpc) is 3.64. The van der Waals surface area contributed by atoms with Crippen molar-refractivity contribution in [3.63, 3.8) is 0 Å². The van der Waals surface area contributed by atoms with Crippen LogP contribution in [0.5, 0.6) is 0 Å². The monoisotopic (exact) mass is 1210 g/mol. The fourth-order valence-electron chi connectivity index (χ4n) is 11.4. The molecule has 0 aliphatic carbocycles.